The Morgan fingerprint density at radius 3 is 2.93 bits per heavy atom. The normalized spacial score (nSPS) is 18.1. The monoisotopic (exact) mass is 396 g/mol. The largest absolute Gasteiger partial charge is 0.337 e. The molecule has 28 heavy (non-hydrogen) atoms. The molecule has 142 valence electrons. The molecule has 1 aliphatic rings. The SMILES string of the molecule is O=S(=O)(c1cnc2ccccn12)N1CCC[C@H]1c1nc(-c2cccnc2)no1. The average Bonchev–Trinajstić information content (AvgIpc) is 3.47. The summed E-state index contributed by atoms with van der Waals surface area (Å²) in [4.78, 5) is 12.7. The molecule has 0 saturated carbocycles. The Labute approximate surface area is 160 Å². The topological polar surface area (TPSA) is 106 Å². The summed E-state index contributed by atoms with van der Waals surface area (Å²) in [5, 5.41) is 4.12. The molecule has 0 aromatic carbocycles. The first kappa shape index (κ1) is 17.0. The summed E-state index contributed by atoms with van der Waals surface area (Å²) in [5.74, 6) is 0.677. The minimum atomic E-state index is -3.78. The van der Waals surface area contributed by atoms with Gasteiger partial charge >= 0.3 is 0 Å². The highest BCUT2D eigenvalue weighted by Gasteiger charge is 2.40. The van der Waals surface area contributed by atoms with Gasteiger partial charge in [0.15, 0.2) is 5.03 Å². The van der Waals surface area contributed by atoms with E-state index in [1.54, 1.807) is 41.2 Å². The first-order valence-electron chi connectivity index (χ1n) is 8.82. The van der Waals surface area contributed by atoms with Crippen LogP contribution in [0.25, 0.3) is 17.0 Å². The summed E-state index contributed by atoms with van der Waals surface area (Å²) in [6.07, 6.45) is 7.69. The zero-order valence-electron chi connectivity index (χ0n) is 14.7. The second-order valence-electron chi connectivity index (χ2n) is 6.50. The van der Waals surface area contributed by atoms with Crippen LogP contribution in [0.3, 0.4) is 0 Å². The van der Waals surface area contributed by atoms with Gasteiger partial charge in [-0.25, -0.2) is 13.4 Å². The average molecular weight is 396 g/mol. The van der Waals surface area contributed by atoms with Crippen molar-refractivity contribution < 1.29 is 12.9 Å². The number of sulfonamides is 1. The molecule has 9 nitrogen and oxygen atoms in total. The number of imidazole rings is 1. The lowest BCUT2D eigenvalue weighted by atomic mass is 10.2. The van der Waals surface area contributed by atoms with E-state index in [2.05, 4.69) is 20.1 Å². The van der Waals surface area contributed by atoms with E-state index in [0.29, 0.717) is 36.4 Å². The molecule has 4 aromatic rings. The summed E-state index contributed by atoms with van der Waals surface area (Å²) in [5.41, 5.74) is 1.29. The van der Waals surface area contributed by atoms with Crippen LogP contribution in [0.5, 0.6) is 0 Å². The van der Waals surface area contributed by atoms with Crippen molar-refractivity contribution in [2.24, 2.45) is 0 Å². The number of fused-ring (bicyclic) bond motifs is 1. The first-order valence-corrected chi connectivity index (χ1v) is 10.3. The van der Waals surface area contributed by atoms with Crippen LogP contribution >= 0.6 is 0 Å². The van der Waals surface area contributed by atoms with Crippen LogP contribution in [-0.4, -0.2) is 43.8 Å². The van der Waals surface area contributed by atoms with Gasteiger partial charge in [0.2, 0.25) is 11.7 Å². The standard InChI is InChI=1S/C18H16N6O3S/c25-28(26,16-12-20-15-7-1-2-9-23(15)16)24-10-4-6-14(24)18-21-17(22-27-18)13-5-3-8-19-11-13/h1-3,5,7-9,11-12,14H,4,6,10H2/t14-/m0/s1. The van der Waals surface area contributed by atoms with E-state index < -0.39 is 16.1 Å². The molecule has 0 unspecified atom stereocenters. The zero-order valence-corrected chi connectivity index (χ0v) is 15.5. The number of nitrogens with zero attached hydrogens (tertiary/aromatic N) is 6. The molecular formula is C18H16N6O3S. The zero-order chi connectivity index (χ0) is 19.1. The fourth-order valence-corrected chi connectivity index (χ4v) is 5.21. The Hall–Kier alpha value is -3.11. The molecule has 0 amide bonds. The molecule has 0 bridgehead atoms. The Morgan fingerprint density at radius 2 is 2.07 bits per heavy atom. The summed E-state index contributed by atoms with van der Waals surface area (Å²) < 4.78 is 35.1. The van der Waals surface area contributed by atoms with Crippen LogP contribution in [-0.2, 0) is 10.0 Å². The van der Waals surface area contributed by atoms with Crippen LogP contribution in [0.15, 0.2) is 64.7 Å². The van der Waals surface area contributed by atoms with Crippen molar-refractivity contribution in [2.45, 2.75) is 23.9 Å². The molecule has 5 rings (SSSR count). The molecule has 0 aliphatic carbocycles. The van der Waals surface area contributed by atoms with Crippen molar-refractivity contribution >= 4 is 15.7 Å². The van der Waals surface area contributed by atoms with E-state index in [9.17, 15) is 8.42 Å². The van der Waals surface area contributed by atoms with Gasteiger partial charge in [-0.15, -0.1) is 0 Å². The number of rotatable bonds is 4. The molecule has 1 atom stereocenters. The smallest absolute Gasteiger partial charge is 0.261 e. The molecule has 1 aliphatic heterocycles. The van der Waals surface area contributed by atoms with Crippen molar-refractivity contribution in [3.63, 3.8) is 0 Å². The summed E-state index contributed by atoms with van der Waals surface area (Å²) in [6.45, 7) is 0.387. The lowest BCUT2D eigenvalue weighted by Crippen LogP contribution is -2.31. The Kier molecular flexibility index (Phi) is 3.95. The molecule has 0 N–H and O–H groups in total. The van der Waals surface area contributed by atoms with Gasteiger partial charge in [-0.3, -0.25) is 9.38 Å². The van der Waals surface area contributed by atoms with Gasteiger partial charge in [-0.05, 0) is 37.1 Å². The van der Waals surface area contributed by atoms with Gasteiger partial charge in [0.05, 0.1) is 6.20 Å². The first-order chi connectivity index (χ1) is 13.6. The summed E-state index contributed by atoms with van der Waals surface area (Å²) >= 11 is 0. The Morgan fingerprint density at radius 1 is 1.14 bits per heavy atom. The maximum atomic E-state index is 13.3. The lowest BCUT2D eigenvalue weighted by molar-refractivity contribution is 0.290. The third kappa shape index (κ3) is 2.69. The predicted octanol–water partition coefficient (Wildman–Crippen LogP) is 2.31. The van der Waals surface area contributed by atoms with Crippen molar-refractivity contribution in [1.82, 2.24) is 28.8 Å². The van der Waals surface area contributed by atoms with Crippen LogP contribution in [0, 0.1) is 0 Å². The van der Waals surface area contributed by atoms with Gasteiger partial charge in [0.25, 0.3) is 10.0 Å². The maximum absolute atomic E-state index is 13.3. The quantitative estimate of drug-likeness (QED) is 0.521. The highest BCUT2D eigenvalue weighted by atomic mass is 32.2. The van der Waals surface area contributed by atoms with Crippen molar-refractivity contribution in [2.75, 3.05) is 6.54 Å². The van der Waals surface area contributed by atoms with Crippen molar-refractivity contribution in [3.05, 3.63) is 61.0 Å². The fraction of sp³-hybridized carbons (Fsp3) is 0.222. The molecular weight excluding hydrogens is 380 g/mol. The molecule has 0 radical (unpaired) electrons. The number of pyridine rings is 2. The second kappa shape index (κ2) is 6.50. The Balaban J connectivity index is 1.51. The van der Waals surface area contributed by atoms with Crippen molar-refractivity contribution in [1.29, 1.82) is 0 Å². The van der Waals surface area contributed by atoms with E-state index in [1.807, 2.05) is 12.1 Å². The third-order valence-corrected chi connectivity index (χ3v) is 6.69. The molecule has 10 heteroatoms. The van der Waals surface area contributed by atoms with Gasteiger partial charge in [0.1, 0.15) is 11.7 Å². The summed E-state index contributed by atoms with van der Waals surface area (Å²) in [7, 11) is -3.78. The maximum Gasteiger partial charge on any atom is 0.261 e. The van der Waals surface area contributed by atoms with Gasteiger partial charge < -0.3 is 4.52 Å². The van der Waals surface area contributed by atoms with E-state index in [0.717, 1.165) is 0 Å². The highest BCUT2D eigenvalue weighted by molar-refractivity contribution is 7.89. The van der Waals surface area contributed by atoms with E-state index >= 15 is 0 Å². The highest BCUT2D eigenvalue weighted by Crippen LogP contribution is 2.36. The van der Waals surface area contributed by atoms with Crippen LogP contribution in [0.2, 0.25) is 0 Å². The minimum Gasteiger partial charge on any atom is -0.337 e. The van der Waals surface area contributed by atoms with E-state index in [-0.39, 0.29) is 10.9 Å². The number of hydrogen-bond acceptors (Lipinski definition) is 7. The summed E-state index contributed by atoms with van der Waals surface area (Å²) in [6, 6.07) is 8.45. The fourth-order valence-electron chi connectivity index (χ4n) is 3.48. The van der Waals surface area contributed by atoms with Gasteiger partial charge in [0, 0.05) is 30.7 Å². The van der Waals surface area contributed by atoms with E-state index in [4.69, 9.17) is 4.52 Å². The molecule has 0 spiro atoms. The predicted molar refractivity (Wildman–Crippen MR) is 98.6 cm³/mol. The van der Waals surface area contributed by atoms with Gasteiger partial charge in [-0.1, -0.05) is 11.2 Å². The third-order valence-electron chi connectivity index (χ3n) is 4.81. The number of hydrogen-bond donors (Lipinski definition) is 0. The molecule has 1 saturated heterocycles. The van der Waals surface area contributed by atoms with Crippen molar-refractivity contribution in [3.8, 4) is 11.4 Å². The van der Waals surface area contributed by atoms with E-state index in [1.165, 1.54) is 10.5 Å². The van der Waals surface area contributed by atoms with Crippen LogP contribution in [0.1, 0.15) is 24.8 Å². The molecule has 1 fully saturated rings. The lowest BCUT2D eigenvalue weighted by Gasteiger charge is -2.20. The van der Waals surface area contributed by atoms with Crippen LogP contribution in [0.4, 0.5) is 0 Å². The second-order valence-corrected chi connectivity index (χ2v) is 8.33. The van der Waals surface area contributed by atoms with Crippen LogP contribution < -0.4 is 0 Å². The molecule has 5 heterocycles. The molecule has 4 aromatic heterocycles. The Bertz CT molecular complexity index is 1230. The van der Waals surface area contributed by atoms with Gasteiger partial charge in [-0.2, -0.15) is 9.29 Å². The number of aromatic nitrogens is 5. The minimum absolute atomic E-state index is 0.127.